The second-order valence-electron chi connectivity index (χ2n) is 3.98. The van der Waals surface area contributed by atoms with Crippen LogP contribution in [0.25, 0.3) is 21.5 Å². The van der Waals surface area contributed by atoms with Crippen molar-refractivity contribution in [1.29, 1.82) is 0 Å². The molecule has 0 aliphatic carbocycles. The van der Waals surface area contributed by atoms with Crippen molar-refractivity contribution in [2.75, 3.05) is 0 Å². The molecule has 2 nitrogen and oxygen atoms in total. The van der Waals surface area contributed by atoms with E-state index in [1.54, 1.807) is 0 Å². The molecule has 2 N–H and O–H groups in total. The van der Waals surface area contributed by atoms with E-state index < -0.39 is 5.91 Å². The fourth-order valence-electron chi connectivity index (χ4n) is 2.21. The Morgan fingerprint density at radius 2 is 1.82 bits per heavy atom. The van der Waals surface area contributed by atoms with Gasteiger partial charge in [-0.3, -0.25) is 4.79 Å². The Hall–Kier alpha value is -2.35. The lowest BCUT2D eigenvalue weighted by atomic mass is 9.96. The summed E-state index contributed by atoms with van der Waals surface area (Å²) < 4.78 is 0. The standard InChI is InChI=1S/C15H10NO/c16-15(17)14-12-7-3-1-5-10(12)9-11-6-2-4-8-13(11)14/h1-3,5-9H,(H2,16,17). The van der Waals surface area contributed by atoms with Gasteiger partial charge in [-0.1, -0.05) is 36.4 Å². The average molecular weight is 220 g/mol. The number of carbonyl (C=O) groups is 1. The van der Waals surface area contributed by atoms with E-state index in [2.05, 4.69) is 12.1 Å². The predicted octanol–water partition coefficient (Wildman–Crippen LogP) is 2.89. The van der Waals surface area contributed by atoms with E-state index in [4.69, 9.17) is 5.73 Å². The summed E-state index contributed by atoms with van der Waals surface area (Å²) in [6, 6.07) is 18.4. The van der Waals surface area contributed by atoms with Crippen LogP contribution in [0, 0.1) is 6.07 Å². The van der Waals surface area contributed by atoms with Crippen LogP contribution in [0.15, 0.2) is 48.5 Å². The summed E-state index contributed by atoms with van der Waals surface area (Å²) in [5.74, 6) is -0.397. The molecule has 2 heteroatoms. The Bertz CT molecular complexity index is 677. The molecule has 0 bridgehead atoms. The molecular weight excluding hydrogens is 210 g/mol. The van der Waals surface area contributed by atoms with Crippen LogP contribution in [0.1, 0.15) is 10.4 Å². The molecule has 81 valence electrons. The number of nitrogens with two attached hydrogens (primary N) is 1. The van der Waals surface area contributed by atoms with Crippen molar-refractivity contribution in [3.8, 4) is 0 Å². The summed E-state index contributed by atoms with van der Waals surface area (Å²) in [5.41, 5.74) is 6.07. The van der Waals surface area contributed by atoms with Crippen molar-refractivity contribution in [3.05, 3.63) is 60.2 Å². The molecule has 3 aromatic carbocycles. The molecule has 1 radical (unpaired) electrons. The number of amides is 1. The lowest BCUT2D eigenvalue weighted by Gasteiger charge is -2.08. The highest BCUT2D eigenvalue weighted by atomic mass is 16.1. The van der Waals surface area contributed by atoms with Gasteiger partial charge < -0.3 is 5.73 Å². The van der Waals surface area contributed by atoms with Crippen molar-refractivity contribution in [1.82, 2.24) is 0 Å². The van der Waals surface area contributed by atoms with E-state index in [-0.39, 0.29) is 0 Å². The van der Waals surface area contributed by atoms with E-state index in [0.717, 1.165) is 21.5 Å². The number of rotatable bonds is 1. The van der Waals surface area contributed by atoms with E-state index in [1.807, 2.05) is 42.5 Å². The first kappa shape index (κ1) is 9.85. The molecule has 0 aliphatic heterocycles. The largest absolute Gasteiger partial charge is 0.366 e. The van der Waals surface area contributed by atoms with E-state index in [1.165, 1.54) is 0 Å². The maximum atomic E-state index is 11.6. The van der Waals surface area contributed by atoms with Crippen LogP contribution in [-0.2, 0) is 0 Å². The van der Waals surface area contributed by atoms with Crippen molar-refractivity contribution in [2.45, 2.75) is 0 Å². The van der Waals surface area contributed by atoms with Crippen molar-refractivity contribution >= 4 is 27.5 Å². The summed E-state index contributed by atoms with van der Waals surface area (Å²) in [6.45, 7) is 0. The van der Waals surface area contributed by atoms with Gasteiger partial charge in [0, 0.05) is 0 Å². The molecule has 0 aromatic heterocycles. The third-order valence-corrected chi connectivity index (χ3v) is 2.95. The molecule has 1 amide bonds. The molecule has 0 spiro atoms. The number of hydrogen-bond donors (Lipinski definition) is 1. The first-order valence-corrected chi connectivity index (χ1v) is 5.39. The van der Waals surface area contributed by atoms with Crippen molar-refractivity contribution in [3.63, 3.8) is 0 Å². The van der Waals surface area contributed by atoms with Crippen molar-refractivity contribution in [2.24, 2.45) is 5.73 Å². The normalized spacial score (nSPS) is 10.8. The van der Waals surface area contributed by atoms with Gasteiger partial charge in [0.1, 0.15) is 0 Å². The number of hydrogen-bond acceptors (Lipinski definition) is 1. The first-order chi connectivity index (χ1) is 8.27. The molecule has 0 fully saturated rings. The Morgan fingerprint density at radius 1 is 1.06 bits per heavy atom. The van der Waals surface area contributed by atoms with Gasteiger partial charge in [0.2, 0.25) is 5.91 Å². The summed E-state index contributed by atoms with van der Waals surface area (Å²) in [5, 5.41) is 3.79. The number of carbonyl (C=O) groups excluding carboxylic acids is 1. The Labute approximate surface area is 98.7 Å². The van der Waals surface area contributed by atoms with E-state index >= 15 is 0 Å². The second-order valence-corrected chi connectivity index (χ2v) is 3.98. The Morgan fingerprint density at radius 3 is 2.65 bits per heavy atom. The minimum Gasteiger partial charge on any atom is -0.366 e. The van der Waals surface area contributed by atoms with Crippen LogP contribution in [0.4, 0.5) is 0 Å². The topological polar surface area (TPSA) is 43.1 Å². The average Bonchev–Trinajstić information content (AvgIpc) is 2.35. The quantitative estimate of drug-likeness (QED) is 0.629. The molecule has 3 rings (SSSR count). The summed E-state index contributed by atoms with van der Waals surface area (Å²) >= 11 is 0. The van der Waals surface area contributed by atoms with Gasteiger partial charge in [-0.15, -0.1) is 0 Å². The van der Waals surface area contributed by atoms with Gasteiger partial charge in [0.15, 0.2) is 0 Å². The maximum Gasteiger partial charge on any atom is 0.249 e. The maximum absolute atomic E-state index is 11.6. The molecule has 0 saturated heterocycles. The minimum atomic E-state index is -0.397. The molecule has 0 saturated carbocycles. The first-order valence-electron chi connectivity index (χ1n) is 5.39. The van der Waals surface area contributed by atoms with Crippen LogP contribution in [0.2, 0.25) is 0 Å². The van der Waals surface area contributed by atoms with Crippen LogP contribution in [0.5, 0.6) is 0 Å². The van der Waals surface area contributed by atoms with Crippen molar-refractivity contribution < 1.29 is 4.79 Å². The van der Waals surface area contributed by atoms with Gasteiger partial charge in [0.05, 0.1) is 5.56 Å². The van der Waals surface area contributed by atoms with E-state index in [0.29, 0.717) is 5.56 Å². The monoisotopic (exact) mass is 220 g/mol. The van der Waals surface area contributed by atoms with Gasteiger partial charge >= 0.3 is 0 Å². The van der Waals surface area contributed by atoms with E-state index in [9.17, 15) is 4.79 Å². The number of primary amides is 1. The summed E-state index contributed by atoms with van der Waals surface area (Å²) in [4.78, 5) is 11.6. The van der Waals surface area contributed by atoms with Gasteiger partial charge in [-0.25, -0.2) is 0 Å². The smallest absolute Gasteiger partial charge is 0.249 e. The van der Waals surface area contributed by atoms with Crippen LogP contribution < -0.4 is 5.73 Å². The molecule has 0 unspecified atom stereocenters. The predicted molar refractivity (Wildman–Crippen MR) is 68.8 cm³/mol. The third-order valence-electron chi connectivity index (χ3n) is 2.95. The summed E-state index contributed by atoms with van der Waals surface area (Å²) in [7, 11) is 0. The second kappa shape index (κ2) is 3.59. The molecule has 0 atom stereocenters. The van der Waals surface area contributed by atoms with Gasteiger partial charge in [0.25, 0.3) is 0 Å². The molecule has 3 aromatic rings. The Balaban J connectivity index is 2.61. The minimum absolute atomic E-state index is 0.397. The highest BCUT2D eigenvalue weighted by molar-refractivity contribution is 6.17. The number of benzene rings is 3. The summed E-state index contributed by atoms with van der Waals surface area (Å²) in [6.07, 6.45) is 0. The SMILES string of the molecule is NC(=O)c1c2c[c]ccc2cc2ccccc12. The van der Waals surface area contributed by atoms with Crippen LogP contribution in [0.3, 0.4) is 0 Å². The van der Waals surface area contributed by atoms with Crippen LogP contribution in [-0.4, -0.2) is 5.91 Å². The zero-order valence-corrected chi connectivity index (χ0v) is 9.10. The number of fused-ring (bicyclic) bond motifs is 2. The lowest BCUT2D eigenvalue weighted by Crippen LogP contribution is -2.12. The molecular formula is C15H10NO. The highest BCUT2D eigenvalue weighted by Crippen LogP contribution is 2.27. The molecule has 0 heterocycles. The fraction of sp³-hybridized carbons (Fsp3) is 0. The third kappa shape index (κ3) is 1.46. The van der Waals surface area contributed by atoms with Gasteiger partial charge in [-0.2, -0.15) is 0 Å². The Kier molecular flexibility index (Phi) is 2.08. The zero-order valence-electron chi connectivity index (χ0n) is 9.10. The molecule has 17 heavy (non-hydrogen) atoms. The van der Waals surface area contributed by atoms with Gasteiger partial charge in [-0.05, 0) is 39.7 Å². The lowest BCUT2D eigenvalue weighted by molar-refractivity contribution is 0.100. The van der Waals surface area contributed by atoms with Crippen LogP contribution >= 0.6 is 0 Å². The molecule has 0 aliphatic rings. The highest BCUT2D eigenvalue weighted by Gasteiger charge is 2.11. The fourth-order valence-corrected chi connectivity index (χ4v) is 2.21. The zero-order chi connectivity index (χ0) is 11.8.